The molecular formula is C15H17F2N3O. The molecule has 2 aromatic rings. The number of halogens is 2. The molecule has 1 unspecified atom stereocenters. The Morgan fingerprint density at radius 3 is 2.52 bits per heavy atom. The fourth-order valence-corrected chi connectivity index (χ4v) is 2.09. The van der Waals surface area contributed by atoms with Crippen LogP contribution in [0, 0.1) is 18.6 Å². The van der Waals surface area contributed by atoms with E-state index in [4.69, 9.17) is 4.74 Å². The zero-order valence-corrected chi connectivity index (χ0v) is 12.2. The van der Waals surface area contributed by atoms with E-state index >= 15 is 0 Å². The molecule has 1 atom stereocenters. The SMILES string of the molecule is CCNC(c1ccc(OC)nn1)c1c(F)ccc(C)c1F. The molecule has 6 heteroatoms. The summed E-state index contributed by atoms with van der Waals surface area (Å²) in [7, 11) is 1.48. The van der Waals surface area contributed by atoms with Gasteiger partial charge in [0.2, 0.25) is 5.88 Å². The van der Waals surface area contributed by atoms with Gasteiger partial charge in [-0.1, -0.05) is 13.0 Å². The van der Waals surface area contributed by atoms with Crippen molar-refractivity contribution in [2.45, 2.75) is 19.9 Å². The van der Waals surface area contributed by atoms with Crippen molar-refractivity contribution in [2.24, 2.45) is 0 Å². The summed E-state index contributed by atoms with van der Waals surface area (Å²) in [4.78, 5) is 0. The largest absolute Gasteiger partial charge is 0.480 e. The summed E-state index contributed by atoms with van der Waals surface area (Å²) in [5.74, 6) is -0.834. The molecule has 4 nitrogen and oxygen atoms in total. The maximum atomic E-state index is 14.3. The van der Waals surface area contributed by atoms with Crippen LogP contribution in [0.25, 0.3) is 0 Å². The van der Waals surface area contributed by atoms with Gasteiger partial charge in [-0.25, -0.2) is 8.78 Å². The molecule has 112 valence electrons. The van der Waals surface area contributed by atoms with Gasteiger partial charge in [0.05, 0.1) is 18.8 Å². The first kappa shape index (κ1) is 15.3. The summed E-state index contributed by atoms with van der Waals surface area (Å²) in [6, 6.07) is 5.22. The third kappa shape index (κ3) is 3.16. The zero-order chi connectivity index (χ0) is 15.4. The molecule has 2 rings (SSSR count). The van der Waals surface area contributed by atoms with Gasteiger partial charge in [0.25, 0.3) is 0 Å². The van der Waals surface area contributed by atoms with Crippen molar-refractivity contribution in [3.8, 4) is 5.88 Å². The maximum Gasteiger partial charge on any atom is 0.233 e. The van der Waals surface area contributed by atoms with E-state index in [9.17, 15) is 8.78 Å². The van der Waals surface area contributed by atoms with E-state index in [2.05, 4.69) is 15.5 Å². The molecule has 21 heavy (non-hydrogen) atoms. The van der Waals surface area contributed by atoms with Gasteiger partial charge in [0.15, 0.2) is 0 Å². The predicted molar refractivity (Wildman–Crippen MR) is 75.2 cm³/mol. The van der Waals surface area contributed by atoms with Crippen molar-refractivity contribution in [3.05, 3.63) is 52.7 Å². The van der Waals surface area contributed by atoms with Crippen LogP contribution in [0.15, 0.2) is 24.3 Å². The van der Waals surface area contributed by atoms with Gasteiger partial charge in [-0.15, -0.1) is 10.2 Å². The third-order valence-corrected chi connectivity index (χ3v) is 3.18. The highest BCUT2D eigenvalue weighted by Crippen LogP contribution is 2.27. The average Bonchev–Trinajstić information content (AvgIpc) is 2.50. The van der Waals surface area contributed by atoms with Crippen LogP contribution in [0.5, 0.6) is 5.88 Å². The van der Waals surface area contributed by atoms with E-state index in [0.717, 1.165) is 0 Å². The Bertz CT molecular complexity index is 617. The molecule has 1 aromatic heterocycles. The highest BCUT2D eigenvalue weighted by Gasteiger charge is 2.24. The number of aryl methyl sites for hydroxylation is 1. The molecule has 0 aliphatic heterocycles. The molecule has 0 saturated carbocycles. The fourth-order valence-electron chi connectivity index (χ4n) is 2.09. The summed E-state index contributed by atoms with van der Waals surface area (Å²) in [6.07, 6.45) is 0. The minimum atomic E-state index is -0.701. The molecule has 0 bridgehead atoms. The van der Waals surface area contributed by atoms with Gasteiger partial charge in [-0.2, -0.15) is 0 Å². The van der Waals surface area contributed by atoms with Crippen LogP contribution < -0.4 is 10.1 Å². The van der Waals surface area contributed by atoms with Crippen LogP contribution in [0.2, 0.25) is 0 Å². The molecule has 1 aromatic carbocycles. The molecular weight excluding hydrogens is 276 g/mol. The lowest BCUT2D eigenvalue weighted by Crippen LogP contribution is -2.25. The number of hydrogen-bond donors (Lipinski definition) is 1. The topological polar surface area (TPSA) is 47.0 Å². The zero-order valence-electron chi connectivity index (χ0n) is 12.2. The quantitative estimate of drug-likeness (QED) is 0.921. The van der Waals surface area contributed by atoms with Gasteiger partial charge in [-0.05, 0) is 31.2 Å². The van der Waals surface area contributed by atoms with Gasteiger partial charge >= 0.3 is 0 Å². The van der Waals surface area contributed by atoms with Crippen LogP contribution in [-0.2, 0) is 0 Å². The lowest BCUT2D eigenvalue weighted by Gasteiger charge is -2.19. The summed E-state index contributed by atoms with van der Waals surface area (Å²) < 4.78 is 33.3. The number of methoxy groups -OCH3 is 1. The number of rotatable bonds is 5. The first-order valence-corrected chi connectivity index (χ1v) is 6.64. The lowest BCUT2D eigenvalue weighted by atomic mass is 9.99. The van der Waals surface area contributed by atoms with Crippen molar-refractivity contribution in [1.29, 1.82) is 0 Å². The second-order valence-corrected chi connectivity index (χ2v) is 4.58. The average molecular weight is 293 g/mol. The summed E-state index contributed by atoms with van der Waals surface area (Å²) in [6.45, 7) is 3.99. The van der Waals surface area contributed by atoms with E-state index in [1.54, 1.807) is 19.1 Å². The Morgan fingerprint density at radius 1 is 1.19 bits per heavy atom. The Balaban J connectivity index is 2.50. The second kappa shape index (κ2) is 6.58. The minimum Gasteiger partial charge on any atom is -0.480 e. The van der Waals surface area contributed by atoms with Crippen LogP contribution in [0.4, 0.5) is 8.78 Å². The van der Waals surface area contributed by atoms with Crippen molar-refractivity contribution in [3.63, 3.8) is 0 Å². The number of ether oxygens (including phenoxy) is 1. The van der Waals surface area contributed by atoms with E-state index < -0.39 is 17.7 Å². The third-order valence-electron chi connectivity index (χ3n) is 3.18. The Kier molecular flexibility index (Phi) is 4.80. The second-order valence-electron chi connectivity index (χ2n) is 4.58. The molecule has 0 aliphatic rings. The van der Waals surface area contributed by atoms with Gasteiger partial charge in [0, 0.05) is 11.6 Å². The van der Waals surface area contributed by atoms with Crippen molar-refractivity contribution >= 4 is 0 Å². The molecule has 0 fully saturated rings. The Morgan fingerprint density at radius 2 is 1.95 bits per heavy atom. The highest BCUT2D eigenvalue weighted by atomic mass is 19.1. The van der Waals surface area contributed by atoms with Crippen LogP contribution in [-0.4, -0.2) is 23.9 Å². The van der Waals surface area contributed by atoms with Crippen LogP contribution in [0.1, 0.15) is 29.8 Å². The van der Waals surface area contributed by atoms with Crippen molar-refractivity contribution in [1.82, 2.24) is 15.5 Å². The smallest absolute Gasteiger partial charge is 0.233 e. The first-order chi connectivity index (χ1) is 10.1. The molecule has 1 heterocycles. The van der Waals surface area contributed by atoms with E-state index in [1.165, 1.54) is 19.2 Å². The normalized spacial score (nSPS) is 12.2. The van der Waals surface area contributed by atoms with Gasteiger partial charge < -0.3 is 10.1 Å². The molecule has 0 spiro atoms. The van der Waals surface area contributed by atoms with Gasteiger partial charge in [-0.3, -0.25) is 0 Å². The summed E-state index contributed by atoms with van der Waals surface area (Å²) in [5, 5.41) is 10.9. The first-order valence-electron chi connectivity index (χ1n) is 6.64. The molecule has 0 radical (unpaired) electrons. The molecule has 0 aliphatic carbocycles. The number of hydrogen-bond acceptors (Lipinski definition) is 4. The predicted octanol–water partition coefficient (Wildman–Crippen LogP) is 2.77. The monoisotopic (exact) mass is 293 g/mol. The minimum absolute atomic E-state index is 0.0451. The standard InChI is InChI=1S/C15H17F2N3O/c1-4-18-15(11-7-8-12(21-3)20-19-11)13-10(16)6-5-9(2)14(13)17/h5-8,15,18H,4H2,1-3H3. The maximum absolute atomic E-state index is 14.3. The highest BCUT2D eigenvalue weighted by molar-refractivity contribution is 5.34. The van der Waals surface area contributed by atoms with Gasteiger partial charge in [0.1, 0.15) is 11.6 Å². The van der Waals surface area contributed by atoms with Crippen LogP contribution in [0.3, 0.4) is 0 Å². The molecule has 1 N–H and O–H groups in total. The molecule has 0 amide bonds. The fraction of sp³-hybridized carbons (Fsp3) is 0.333. The summed E-state index contributed by atoms with van der Waals surface area (Å²) in [5.41, 5.74) is 0.771. The van der Waals surface area contributed by atoms with E-state index in [1.807, 2.05) is 6.92 Å². The number of benzene rings is 1. The van der Waals surface area contributed by atoms with Crippen molar-refractivity contribution < 1.29 is 13.5 Å². The Labute approximate surface area is 122 Å². The summed E-state index contributed by atoms with van der Waals surface area (Å²) >= 11 is 0. The number of nitrogens with zero attached hydrogens (tertiary/aromatic N) is 2. The Hall–Kier alpha value is -2.08. The molecule has 0 saturated heterocycles. The van der Waals surface area contributed by atoms with Crippen molar-refractivity contribution in [2.75, 3.05) is 13.7 Å². The van der Waals surface area contributed by atoms with Crippen LogP contribution >= 0.6 is 0 Å². The van der Waals surface area contributed by atoms with E-state index in [-0.39, 0.29) is 5.56 Å². The number of aromatic nitrogens is 2. The van der Waals surface area contributed by atoms with E-state index in [0.29, 0.717) is 23.7 Å². The lowest BCUT2D eigenvalue weighted by molar-refractivity contribution is 0.389. The number of nitrogens with one attached hydrogen (secondary N) is 1.